The van der Waals surface area contributed by atoms with Gasteiger partial charge in [-0.1, -0.05) is 48.5 Å². The normalized spacial score (nSPS) is 11.4. The molecule has 3 heterocycles. The SMILES string of the molecule is Cc1ccc(C(=O)c2c[nH]c3ccccc3c2=O)cc1C.Cc1ccc(C(=O)c2cn(Cc3ccc(C(F)(F)F)o3)c3ccccc3c2=O)cc1C. The van der Waals surface area contributed by atoms with Crippen LogP contribution in [0, 0.1) is 27.7 Å². The molecule has 0 spiro atoms. The number of nitrogens with one attached hydrogen (secondary N) is 1. The first kappa shape index (κ1) is 35.5. The highest BCUT2D eigenvalue weighted by Crippen LogP contribution is 2.31. The maximum Gasteiger partial charge on any atom is 0.449 e. The van der Waals surface area contributed by atoms with Crippen molar-refractivity contribution in [3.63, 3.8) is 0 Å². The van der Waals surface area contributed by atoms with Gasteiger partial charge in [0.15, 0.2) is 11.6 Å². The molecule has 0 aliphatic rings. The van der Waals surface area contributed by atoms with E-state index in [0.29, 0.717) is 27.4 Å². The number of aromatic nitrogens is 2. The predicted octanol–water partition coefficient (Wildman–Crippen LogP) is 8.89. The average molecular weight is 703 g/mol. The summed E-state index contributed by atoms with van der Waals surface area (Å²) in [5.74, 6) is -1.72. The Kier molecular flexibility index (Phi) is 9.67. The quantitative estimate of drug-likeness (QED) is 0.175. The van der Waals surface area contributed by atoms with E-state index in [2.05, 4.69) is 4.98 Å². The number of alkyl halides is 3. The van der Waals surface area contributed by atoms with Gasteiger partial charge in [-0.15, -0.1) is 0 Å². The number of rotatable bonds is 6. The number of aryl methyl sites for hydroxylation is 4. The van der Waals surface area contributed by atoms with Crippen LogP contribution in [0.1, 0.15) is 65.6 Å². The number of carbonyl (C=O) groups excluding carboxylic acids is 2. The van der Waals surface area contributed by atoms with E-state index in [4.69, 9.17) is 4.42 Å². The maximum absolute atomic E-state index is 13.1. The number of H-pyrrole nitrogens is 1. The fraction of sp³-hybridized carbons (Fsp3) is 0.143. The van der Waals surface area contributed by atoms with Gasteiger partial charge in [-0.2, -0.15) is 13.2 Å². The molecule has 3 aromatic heterocycles. The molecule has 7 aromatic rings. The molecule has 0 saturated heterocycles. The van der Waals surface area contributed by atoms with Crippen molar-refractivity contribution in [1.82, 2.24) is 9.55 Å². The first-order valence-corrected chi connectivity index (χ1v) is 16.4. The van der Waals surface area contributed by atoms with Crippen LogP contribution in [0.2, 0.25) is 0 Å². The van der Waals surface area contributed by atoms with Gasteiger partial charge in [0.25, 0.3) is 0 Å². The Hall–Kier alpha value is -6.29. The lowest BCUT2D eigenvalue weighted by Crippen LogP contribution is -2.20. The van der Waals surface area contributed by atoms with E-state index in [1.165, 1.54) is 18.5 Å². The molecular formula is C42H33F3N2O5. The summed E-state index contributed by atoms with van der Waals surface area (Å²) in [5, 5.41) is 0.840. The molecule has 0 atom stereocenters. The van der Waals surface area contributed by atoms with Crippen LogP contribution in [-0.4, -0.2) is 21.1 Å². The van der Waals surface area contributed by atoms with E-state index in [1.54, 1.807) is 59.2 Å². The third-order valence-electron chi connectivity index (χ3n) is 9.07. The zero-order chi connectivity index (χ0) is 37.3. The zero-order valence-electron chi connectivity index (χ0n) is 28.7. The van der Waals surface area contributed by atoms with Crippen molar-refractivity contribution >= 4 is 33.4 Å². The number of para-hydroxylation sites is 2. The lowest BCUT2D eigenvalue weighted by Gasteiger charge is -2.13. The van der Waals surface area contributed by atoms with Crippen molar-refractivity contribution in [3.05, 3.63) is 186 Å². The van der Waals surface area contributed by atoms with Crippen LogP contribution < -0.4 is 10.9 Å². The number of carbonyl (C=O) groups is 2. The molecule has 4 aromatic carbocycles. The van der Waals surface area contributed by atoms with Crippen LogP contribution in [0.5, 0.6) is 0 Å². The smallest absolute Gasteiger partial charge is 0.449 e. The number of pyridine rings is 2. The predicted molar refractivity (Wildman–Crippen MR) is 194 cm³/mol. The summed E-state index contributed by atoms with van der Waals surface area (Å²) in [7, 11) is 0. The lowest BCUT2D eigenvalue weighted by molar-refractivity contribution is -0.153. The summed E-state index contributed by atoms with van der Waals surface area (Å²) in [6, 6.07) is 26.6. The number of ketones is 2. The minimum absolute atomic E-state index is 0.0513. The summed E-state index contributed by atoms with van der Waals surface area (Å²) in [5.41, 5.74) is 5.72. The largest absolute Gasteiger partial charge is 0.455 e. The summed E-state index contributed by atoms with van der Waals surface area (Å²) >= 11 is 0. The minimum Gasteiger partial charge on any atom is -0.455 e. The van der Waals surface area contributed by atoms with E-state index >= 15 is 0 Å². The third-order valence-corrected chi connectivity index (χ3v) is 9.07. The van der Waals surface area contributed by atoms with E-state index < -0.39 is 23.1 Å². The molecule has 7 nitrogen and oxygen atoms in total. The van der Waals surface area contributed by atoms with E-state index in [1.807, 2.05) is 58.0 Å². The summed E-state index contributed by atoms with van der Waals surface area (Å²) in [6.45, 7) is 7.68. The monoisotopic (exact) mass is 702 g/mol. The Morgan fingerprint density at radius 2 is 1.23 bits per heavy atom. The fourth-order valence-corrected chi connectivity index (χ4v) is 5.83. The standard InChI is InChI=1S/C24H18F3NO3.C18H15NO2/c1-14-7-8-16(11-15(14)2)22(29)19-13-28(20-6-4-3-5-18(20)23(19)30)12-17-9-10-21(31-17)24(25,26)27;1-11-7-8-13(9-12(11)2)17(20)15-10-19-16-6-4-3-5-14(16)18(15)21/h3-11,13H,12H2,1-2H3;3-10H,1-2H3,(H,19,21). The minimum atomic E-state index is -4.59. The molecule has 0 amide bonds. The van der Waals surface area contributed by atoms with Gasteiger partial charge in [0.1, 0.15) is 5.76 Å². The van der Waals surface area contributed by atoms with Crippen molar-refractivity contribution in [2.75, 3.05) is 0 Å². The molecule has 52 heavy (non-hydrogen) atoms. The molecule has 1 N–H and O–H groups in total. The second-order valence-corrected chi connectivity index (χ2v) is 12.6. The number of hydrogen-bond donors (Lipinski definition) is 1. The van der Waals surface area contributed by atoms with Crippen molar-refractivity contribution < 1.29 is 27.2 Å². The van der Waals surface area contributed by atoms with E-state index in [-0.39, 0.29) is 34.6 Å². The Bertz CT molecular complexity index is 2630. The average Bonchev–Trinajstić information content (AvgIpc) is 3.61. The van der Waals surface area contributed by atoms with Crippen molar-refractivity contribution in [2.24, 2.45) is 0 Å². The topological polar surface area (TPSA) is 102 Å². The van der Waals surface area contributed by atoms with Crippen LogP contribution in [-0.2, 0) is 12.7 Å². The fourth-order valence-electron chi connectivity index (χ4n) is 5.83. The Morgan fingerprint density at radius 3 is 1.83 bits per heavy atom. The van der Waals surface area contributed by atoms with Gasteiger partial charge in [-0.05, 0) is 98.5 Å². The summed E-state index contributed by atoms with van der Waals surface area (Å²) in [6.07, 6.45) is -1.70. The molecule has 0 radical (unpaired) electrons. The molecule has 262 valence electrons. The van der Waals surface area contributed by atoms with Crippen molar-refractivity contribution in [3.8, 4) is 0 Å². The molecule has 0 aliphatic heterocycles. The van der Waals surface area contributed by atoms with Crippen LogP contribution in [0.25, 0.3) is 21.8 Å². The number of hydrogen-bond acceptors (Lipinski definition) is 5. The van der Waals surface area contributed by atoms with Gasteiger partial charge in [-0.3, -0.25) is 19.2 Å². The molecule has 0 unspecified atom stereocenters. The maximum atomic E-state index is 13.1. The van der Waals surface area contributed by atoms with E-state index in [0.717, 1.165) is 33.8 Å². The first-order chi connectivity index (χ1) is 24.7. The Labute approximate surface area is 296 Å². The van der Waals surface area contributed by atoms with Crippen molar-refractivity contribution in [1.29, 1.82) is 0 Å². The second-order valence-electron chi connectivity index (χ2n) is 12.6. The zero-order valence-corrected chi connectivity index (χ0v) is 28.7. The highest BCUT2D eigenvalue weighted by molar-refractivity contribution is 6.11. The number of halogens is 3. The number of benzene rings is 4. The molecule has 0 aliphatic carbocycles. The molecule has 0 fully saturated rings. The Morgan fingerprint density at radius 1 is 0.673 bits per heavy atom. The van der Waals surface area contributed by atoms with Crippen LogP contribution >= 0.6 is 0 Å². The van der Waals surface area contributed by atoms with Gasteiger partial charge in [0, 0.05) is 39.8 Å². The molecule has 7 rings (SSSR count). The van der Waals surface area contributed by atoms with Crippen molar-refractivity contribution in [2.45, 2.75) is 40.4 Å². The van der Waals surface area contributed by atoms with Gasteiger partial charge >= 0.3 is 6.18 Å². The number of nitrogens with zero attached hydrogens (tertiary/aromatic N) is 1. The molecule has 0 bridgehead atoms. The van der Waals surface area contributed by atoms with Crippen LogP contribution in [0.4, 0.5) is 13.2 Å². The Balaban J connectivity index is 0.000000192. The lowest BCUT2D eigenvalue weighted by atomic mass is 9.99. The highest BCUT2D eigenvalue weighted by Gasteiger charge is 2.34. The van der Waals surface area contributed by atoms with Gasteiger partial charge < -0.3 is 14.0 Å². The highest BCUT2D eigenvalue weighted by atomic mass is 19.4. The van der Waals surface area contributed by atoms with Crippen LogP contribution in [0.15, 0.2) is 123 Å². The molecule has 0 saturated carbocycles. The van der Waals surface area contributed by atoms with Crippen LogP contribution in [0.3, 0.4) is 0 Å². The number of fused-ring (bicyclic) bond motifs is 2. The molecule has 10 heteroatoms. The van der Waals surface area contributed by atoms with Gasteiger partial charge in [0.05, 0.1) is 23.2 Å². The number of furan rings is 1. The molecular weight excluding hydrogens is 669 g/mol. The van der Waals surface area contributed by atoms with E-state index in [9.17, 15) is 32.3 Å². The first-order valence-electron chi connectivity index (χ1n) is 16.4. The second kappa shape index (κ2) is 14.1. The van der Waals surface area contributed by atoms with Gasteiger partial charge in [0.2, 0.25) is 16.6 Å². The number of aromatic amines is 1. The van der Waals surface area contributed by atoms with Gasteiger partial charge in [-0.25, -0.2) is 0 Å². The summed E-state index contributed by atoms with van der Waals surface area (Å²) in [4.78, 5) is 54.2. The third kappa shape index (κ3) is 7.14. The summed E-state index contributed by atoms with van der Waals surface area (Å²) < 4.78 is 45.1.